The van der Waals surface area contributed by atoms with E-state index in [1.807, 2.05) is 48.5 Å². The van der Waals surface area contributed by atoms with E-state index in [-0.39, 0.29) is 19.5 Å². The molecule has 7 heteroatoms. The first-order valence-electron chi connectivity index (χ1n) is 7.71. The molecule has 0 fully saturated rings. The van der Waals surface area contributed by atoms with Crippen molar-refractivity contribution >= 4 is 43.7 Å². The Kier molecular flexibility index (Phi) is 7.96. The number of benzene rings is 4. The molecule has 0 saturated carbocycles. The average molecular weight is 448 g/mol. The van der Waals surface area contributed by atoms with Gasteiger partial charge in [0, 0.05) is 9.79 Å². The molecule has 4 aromatic rings. The second kappa shape index (κ2) is 9.97. The third-order valence-electron chi connectivity index (χ3n) is 3.83. The summed E-state index contributed by atoms with van der Waals surface area (Å²) in [5, 5.41) is 4.00. The van der Waals surface area contributed by atoms with E-state index in [4.69, 9.17) is 0 Å². The molecule has 4 nitrogen and oxygen atoms in total. The molecule has 27 heavy (non-hydrogen) atoms. The van der Waals surface area contributed by atoms with E-state index < -0.39 is 22.2 Å². The number of fused-ring (bicyclic) bond motifs is 2. The summed E-state index contributed by atoms with van der Waals surface area (Å²) in [5.41, 5.74) is 0. The van der Waals surface area contributed by atoms with Crippen molar-refractivity contribution < 1.29 is 37.0 Å². The Morgan fingerprint density at radius 2 is 0.852 bits per heavy atom. The number of hydrogen-bond donors (Lipinski definition) is 0. The van der Waals surface area contributed by atoms with Crippen LogP contribution in [0.3, 0.4) is 0 Å². The molecular weight excluding hydrogens is 434 g/mol. The fourth-order valence-corrected chi connectivity index (χ4v) is 3.35. The first-order chi connectivity index (χ1) is 12.5. The molecule has 2 unspecified atom stereocenters. The maximum absolute atomic E-state index is 10.6. The van der Waals surface area contributed by atoms with E-state index >= 15 is 0 Å². The van der Waals surface area contributed by atoms with Crippen LogP contribution in [0.1, 0.15) is 0 Å². The Balaban J connectivity index is 0.000000187. The largest absolute Gasteiger partial charge is 2.00 e. The van der Waals surface area contributed by atoms with Crippen molar-refractivity contribution in [3.05, 3.63) is 84.9 Å². The van der Waals surface area contributed by atoms with Crippen molar-refractivity contribution in [1.29, 1.82) is 0 Å². The van der Waals surface area contributed by atoms with Gasteiger partial charge in [0.15, 0.2) is 0 Å². The van der Waals surface area contributed by atoms with Crippen molar-refractivity contribution in [3.8, 4) is 0 Å². The van der Waals surface area contributed by atoms with Crippen molar-refractivity contribution in [2.45, 2.75) is 9.79 Å². The summed E-state index contributed by atoms with van der Waals surface area (Å²) >= 11 is -4.27. The predicted molar refractivity (Wildman–Crippen MR) is 102 cm³/mol. The van der Waals surface area contributed by atoms with Crippen LogP contribution in [-0.4, -0.2) is 17.5 Å². The summed E-state index contributed by atoms with van der Waals surface area (Å²) in [6.07, 6.45) is 0. The topological polar surface area (TPSA) is 80.3 Å². The van der Waals surface area contributed by atoms with Gasteiger partial charge in [-0.15, -0.1) is 0 Å². The summed E-state index contributed by atoms with van der Waals surface area (Å²) in [4.78, 5) is 0.664. The molecule has 132 valence electrons. The molecule has 0 aliphatic rings. The van der Waals surface area contributed by atoms with E-state index in [2.05, 4.69) is 0 Å². The summed E-state index contributed by atoms with van der Waals surface area (Å²) in [6.45, 7) is 0. The number of rotatable bonds is 2. The maximum atomic E-state index is 10.6. The van der Waals surface area contributed by atoms with Crippen LogP contribution in [0.25, 0.3) is 21.5 Å². The predicted octanol–water partition coefficient (Wildman–Crippen LogP) is 4.15. The van der Waals surface area contributed by atoms with Crippen LogP contribution in [0, 0.1) is 0 Å². The van der Waals surface area contributed by atoms with E-state index in [1.165, 1.54) is 0 Å². The molecule has 0 bridgehead atoms. The minimum Gasteiger partial charge on any atom is -0.768 e. The van der Waals surface area contributed by atoms with Crippen LogP contribution < -0.4 is 0 Å². The van der Waals surface area contributed by atoms with Crippen LogP contribution in [-0.2, 0) is 41.6 Å². The fourth-order valence-electron chi connectivity index (χ4n) is 2.54. The first-order valence-corrected chi connectivity index (χ1v) is 9.86. The Bertz CT molecular complexity index is 1030. The van der Waals surface area contributed by atoms with E-state index in [0.717, 1.165) is 21.5 Å². The van der Waals surface area contributed by atoms with Gasteiger partial charge in [-0.25, -0.2) is 0 Å². The second-order valence-electron chi connectivity index (χ2n) is 5.49. The normalized spacial score (nSPS) is 12.5. The zero-order chi connectivity index (χ0) is 18.5. The minimum atomic E-state index is -2.13. The molecule has 2 atom stereocenters. The zero-order valence-electron chi connectivity index (χ0n) is 14.2. The first kappa shape index (κ1) is 21.5. The van der Waals surface area contributed by atoms with E-state index in [9.17, 15) is 17.5 Å². The molecule has 0 aliphatic carbocycles. The molecular formula is C20H14O4S2Zn. The van der Waals surface area contributed by atoms with Crippen LogP contribution in [0.2, 0.25) is 0 Å². The summed E-state index contributed by atoms with van der Waals surface area (Å²) in [7, 11) is 0. The Morgan fingerprint density at radius 3 is 1.19 bits per heavy atom. The van der Waals surface area contributed by atoms with Gasteiger partial charge in [0.2, 0.25) is 0 Å². The van der Waals surface area contributed by atoms with Crippen molar-refractivity contribution in [1.82, 2.24) is 0 Å². The van der Waals surface area contributed by atoms with Gasteiger partial charge in [0.25, 0.3) is 0 Å². The Hall–Kier alpha value is -1.76. The van der Waals surface area contributed by atoms with Gasteiger partial charge >= 0.3 is 19.5 Å². The molecule has 0 spiro atoms. The standard InChI is InChI=1S/2C10H8O2S.Zn/c2*11-13(12)10-6-5-8-3-1-2-4-9(8)7-10;/h2*1-7H,(H,11,12);/q;;+2/p-2. The minimum absolute atomic E-state index is 0. The van der Waals surface area contributed by atoms with Crippen molar-refractivity contribution in [2.24, 2.45) is 0 Å². The van der Waals surface area contributed by atoms with E-state index in [1.54, 1.807) is 36.4 Å². The SMILES string of the molecule is O=S([O-])c1ccc2ccccc2c1.O=S([O-])c1ccc2ccccc2c1.[Zn+2]. The van der Waals surface area contributed by atoms with Gasteiger partial charge in [0.1, 0.15) is 0 Å². The van der Waals surface area contributed by atoms with Gasteiger partial charge in [-0.2, -0.15) is 0 Å². The summed E-state index contributed by atoms with van der Waals surface area (Å²) in [5.74, 6) is 0. The Morgan fingerprint density at radius 1 is 0.519 bits per heavy atom. The third kappa shape index (κ3) is 5.61. The van der Waals surface area contributed by atoms with Gasteiger partial charge in [0.05, 0.1) is 0 Å². The van der Waals surface area contributed by atoms with Crippen LogP contribution in [0.4, 0.5) is 0 Å². The van der Waals surface area contributed by atoms with Crippen molar-refractivity contribution in [2.75, 3.05) is 0 Å². The van der Waals surface area contributed by atoms with Gasteiger partial charge in [-0.3, -0.25) is 8.42 Å². The smallest absolute Gasteiger partial charge is 0.768 e. The molecule has 0 heterocycles. The molecule has 0 aliphatic heterocycles. The second-order valence-corrected chi connectivity index (χ2v) is 7.37. The van der Waals surface area contributed by atoms with Crippen LogP contribution in [0.5, 0.6) is 0 Å². The molecule has 4 rings (SSSR count). The van der Waals surface area contributed by atoms with Gasteiger partial charge < -0.3 is 9.11 Å². The monoisotopic (exact) mass is 446 g/mol. The van der Waals surface area contributed by atoms with Crippen LogP contribution in [0.15, 0.2) is 94.7 Å². The third-order valence-corrected chi connectivity index (χ3v) is 5.10. The van der Waals surface area contributed by atoms with Crippen LogP contribution >= 0.6 is 0 Å². The fraction of sp³-hybridized carbons (Fsp3) is 0. The quantitative estimate of drug-likeness (QED) is 0.341. The van der Waals surface area contributed by atoms with Crippen molar-refractivity contribution in [3.63, 3.8) is 0 Å². The zero-order valence-corrected chi connectivity index (χ0v) is 18.8. The molecule has 0 saturated heterocycles. The Labute approximate surface area is 174 Å². The summed E-state index contributed by atoms with van der Waals surface area (Å²) in [6, 6.07) is 25.5. The van der Waals surface area contributed by atoms with Gasteiger partial charge in [-0.1, -0.05) is 60.7 Å². The average Bonchev–Trinajstić information content (AvgIpc) is 2.67. The molecule has 0 aromatic heterocycles. The summed E-state index contributed by atoms with van der Waals surface area (Å²) < 4.78 is 42.6. The molecule has 0 radical (unpaired) electrons. The van der Waals surface area contributed by atoms with Gasteiger partial charge in [-0.05, 0) is 68.0 Å². The number of hydrogen-bond acceptors (Lipinski definition) is 4. The molecule has 4 aromatic carbocycles. The maximum Gasteiger partial charge on any atom is 2.00 e. The van der Waals surface area contributed by atoms with E-state index in [0.29, 0.717) is 9.79 Å². The molecule has 0 amide bonds. The molecule has 0 N–H and O–H groups in total.